The van der Waals surface area contributed by atoms with Gasteiger partial charge in [-0.05, 0) is 41.3 Å². The first-order valence-electron chi connectivity index (χ1n) is 10.6. The minimum absolute atomic E-state index is 0.0439. The summed E-state index contributed by atoms with van der Waals surface area (Å²) in [5.74, 6) is 0.937. The van der Waals surface area contributed by atoms with E-state index in [0.717, 1.165) is 33.7 Å². The highest BCUT2D eigenvalue weighted by molar-refractivity contribution is 7.13. The number of carbonyl (C=O) groups is 1. The molecule has 5 aromatic rings. The van der Waals surface area contributed by atoms with Crippen LogP contribution in [-0.4, -0.2) is 31.9 Å². The van der Waals surface area contributed by atoms with E-state index < -0.39 is 0 Å². The Morgan fingerprint density at radius 2 is 1.78 bits per heavy atom. The number of pyridine rings is 1. The molecule has 2 aromatic carbocycles. The van der Waals surface area contributed by atoms with Crippen LogP contribution in [-0.2, 0) is 13.1 Å². The Hall–Kier alpha value is -3.77. The molecule has 1 amide bonds. The lowest BCUT2D eigenvalue weighted by Gasteiger charge is -2.28. The number of imidazole rings is 1. The summed E-state index contributed by atoms with van der Waals surface area (Å²) in [6.07, 6.45) is 1.87. The van der Waals surface area contributed by atoms with Crippen LogP contribution in [0.3, 0.4) is 0 Å². The molecule has 0 bridgehead atoms. The van der Waals surface area contributed by atoms with Gasteiger partial charge in [-0.3, -0.25) is 4.79 Å². The van der Waals surface area contributed by atoms with Gasteiger partial charge < -0.3 is 9.47 Å². The van der Waals surface area contributed by atoms with Crippen LogP contribution in [0.2, 0.25) is 0 Å². The summed E-state index contributed by atoms with van der Waals surface area (Å²) in [4.78, 5) is 25.6. The molecule has 0 radical (unpaired) electrons. The van der Waals surface area contributed by atoms with Crippen molar-refractivity contribution in [1.29, 1.82) is 0 Å². The Morgan fingerprint density at radius 3 is 2.62 bits per heavy atom. The van der Waals surface area contributed by atoms with Gasteiger partial charge in [0.25, 0.3) is 5.91 Å². The van der Waals surface area contributed by atoms with Gasteiger partial charge in [0.2, 0.25) is 0 Å². The Balaban J connectivity index is 1.23. The number of rotatable bonds is 3. The van der Waals surface area contributed by atoms with Gasteiger partial charge in [0, 0.05) is 28.9 Å². The number of benzene rings is 2. The molecule has 6 heteroatoms. The van der Waals surface area contributed by atoms with E-state index in [2.05, 4.69) is 33.1 Å². The van der Waals surface area contributed by atoms with Crippen molar-refractivity contribution in [2.24, 2.45) is 0 Å². The van der Waals surface area contributed by atoms with Crippen molar-refractivity contribution >= 4 is 28.1 Å². The van der Waals surface area contributed by atoms with E-state index in [9.17, 15) is 4.79 Å². The number of fused-ring (bicyclic) bond motifs is 2. The quantitative estimate of drug-likeness (QED) is 0.376. The fourth-order valence-electron chi connectivity index (χ4n) is 4.25. The molecule has 0 saturated carbocycles. The lowest BCUT2D eigenvalue weighted by molar-refractivity contribution is 0.0708. The Morgan fingerprint density at radius 1 is 0.906 bits per heavy atom. The highest BCUT2D eigenvalue weighted by Gasteiger charge is 2.25. The summed E-state index contributed by atoms with van der Waals surface area (Å²) in [7, 11) is 0. The zero-order chi connectivity index (χ0) is 21.5. The second-order valence-corrected chi connectivity index (χ2v) is 8.83. The summed E-state index contributed by atoms with van der Waals surface area (Å²) in [6.45, 7) is 1.85. The molecule has 0 N–H and O–H groups in total. The van der Waals surface area contributed by atoms with Crippen LogP contribution < -0.4 is 0 Å². The third kappa shape index (κ3) is 3.29. The maximum absolute atomic E-state index is 13.1. The van der Waals surface area contributed by atoms with Gasteiger partial charge in [-0.2, -0.15) is 0 Å². The van der Waals surface area contributed by atoms with Crippen LogP contribution in [0.4, 0.5) is 0 Å². The van der Waals surface area contributed by atoms with Crippen molar-refractivity contribution in [3.63, 3.8) is 0 Å². The van der Waals surface area contributed by atoms with Crippen molar-refractivity contribution in [2.45, 2.75) is 13.1 Å². The average Bonchev–Trinajstić information content (AvgIpc) is 3.53. The molecule has 4 heterocycles. The largest absolute Gasteiger partial charge is 0.329 e. The Labute approximate surface area is 189 Å². The molecule has 0 aliphatic carbocycles. The van der Waals surface area contributed by atoms with Gasteiger partial charge in [0.05, 0.1) is 29.6 Å². The average molecular weight is 437 g/mol. The van der Waals surface area contributed by atoms with E-state index in [1.54, 1.807) is 11.3 Å². The van der Waals surface area contributed by atoms with Gasteiger partial charge in [-0.1, -0.05) is 42.5 Å². The smallest absolute Gasteiger partial charge is 0.254 e. The zero-order valence-electron chi connectivity index (χ0n) is 17.3. The molecule has 156 valence electrons. The van der Waals surface area contributed by atoms with E-state index >= 15 is 0 Å². The first-order valence-corrected chi connectivity index (χ1v) is 11.5. The predicted octanol–water partition coefficient (Wildman–Crippen LogP) is 5.48. The Kier molecular flexibility index (Phi) is 4.58. The molecule has 3 aromatic heterocycles. The molecule has 0 unspecified atom stereocenters. The summed E-state index contributed by atoms with van der Waals surface area (Å²) in [6, 6.07) is 24.3. The van der Waals surface area contributed by atoms with E-state index in [-0.39, 0.29) is 5.91 Å². The van der Waals surface area contributed by atoms with Gasteiger partial charge in [0.1, 0.15) is 5.82 Å². The van der Waals surface area contributed by atoms with Crippen LogP contribution >= 0.6 is 11.3 Å². The van der Waals surface area contributed by atoms with Crippen molar-refractivity contribution < 1.29 is 4.79 Å². The number of hydrogen-bond acceptors (Lipinski definition) is 4. The minimum Gasteiger partial charge on any atom is -0.329 e. The van der Waals surface area contributed by atoms with Crippen molar-refractivity contribution in [2.75, 3.05) is 6.54 Å². The van der Waals surface area contributed by atoms with Crippen molar-refractivity contribution in [3.8, 4) is 21.8 Å². The summed E-state index contributed by atoms with van der Waals surface area (Å²) in [5.41, 5.74) is 4.73. The van der Waals surface area contributed by atoms with Gasteiger partial charge in [-0.15, -0.1) is 11.3 Å². The first-order chi connectivity index (χ1) is 15.8. The fourth-order valence-corrected chi connectivity index (χ4v) is 4.98. The van der Waals surface area contributed by atoms with Crippen molar-refractivity contribution in [3.05, 3.63) is 95.8 Å². The fraction of sp³-hybridized carbons (Fsp3) is 0.115. The molecular formula is C26H20N4OS. The van der Waals surface area contributed by atoms with Crippen LogP contribution in [0.1, 0.15) is 16.2 Å². The number of hydrogen-bond donors (Lipinski definition) is 0. The van der Waals surface area contributed by atoms with Crippen LogP contribution in [0.15, 0.2) is 84.4 Å². The standard InChI is InChI=1S/C26H20N4OS/c31-26(20-9-7-19(8-10-20)24-6-3-15-32-24)29-13-14-30-23(16-27-25(30)17-29)22-12-11-18-4-1-2-5-21(18)28-22/h1-12,15-16H,13-14,17H2. The number of aromatic nitrogens is 3. The molecule has 1 aliphatic rings. The maximum atomic E-state index is 13.1. The molecule has 0 spiro atoms. The summed E-state index contributed by atoms with van der Waals surface area (Å²) >= 11 is 1.70. The van der Waals surface area contributed by atoms with E-state index in [0.29, 0.717) is 25.2 Å². The number of para-hydroxylation sites is 1. The second-order valence-electron chi connectivity index (χ2n) is 7.88. The summed E-state index contributed by atoms with van der Waals surface area (Å²) < 4.78 is 2.18. The molecule has 5 nitrogen and oxygen atoms in total. The van der Waals surface area contributed by atoms with Gasteiger partial charge >= 0.3 is 0 Å². The first kappa shape index (κ1) is 19.0. The van der Waals surface area contributed by atoms with Crippen LogP contribution in [0, 0.1) is 0 Å². The molecule has 1 aliphatic heterocycles. The topological polar surface area (TPSA) is 51.0 Å². The molecule has 0 atom stereocenters. The second kappa shape index (κ2) is 7.73. The molecule has 0 fully saturated rings. The van der Waals surface area contributed by atoms with E-state index in [1.807, 2.05) is 65.7 Å². The predicted molar refractivity (Wildman–Crippen MR) is 127 cm³/mol. The molecular weight excluding hydrogens is 416 g/mol. The third-order valence-corrected chi connectivity index (χ3v) is 6.87. The Bertz CT molecular complexity index is 1420. The lowest BCUT2D eigenvalue weighted by atomic mass is 10.1. The zero-order valence-corrected chi connectivity index (χ0v) is 18.1. The normalized spacial score (nSPS) is 13.3. The summed E-state index contributed by atoms with van der Waals surface area (Å²) in [5, 5.41) is 3.18. The molecule has 6 rings (SSSR count). The number of carbonyl (C=O) groups excluding carboxylic acids is 1. The number of amides is 1. The third-order valence-electron chi connectivity index (χ3n) is 5.95. The monoisotopic (exact) mass is 436 g/mol. The van der Waals surface area contributed by atoms with E-state index in [1.165, 1.54) is 4.88 Å². The number of nitrogens with zero attached hydrogens (tertiary/aromatic N) is 4. The van der Waals surface area contributed by atoms with Gasteiger partial charge in [-0.25, -0.2) is 9.97 Å². The number of thiophene rings is 1. The van der Waals surface area contributed by atoms with E-state index in [4.69, 9.17) is 4.98 Å². The molecule has 32 heavy (non-hydrogen) atoms. The highest BCUT2D eigenvalue weighted by atomic mass is 32.1. The lowest BCUT2D eigenvalue weighted by Crippen LogP contribution is -2.38. The highest BCUT2D eigenvalue weighted by Crippen LogP contribution is 2.27. The SMILES string of the molecule is O=C(c1ccc(-c2cccs2)cc1)N1CCn2c(-c3ccc4ccccc4n3)cnc2C1. The van der Waals surface area contributed by atoms with Crippen LogP contribution in [0.25, 0.3) is 32.7 Å². The van der Waals surface area contributed by atoms with Gasteiger partial charge in [0.15, 0.2) is 0 Å². The maximum Gasteiger partial charge on any atom is 0.254 e. The van der Waals surface area contributed by atoms with Crippen LogP contribution in [0.5, 0.6) is 0 Å². The van der Waals surface area contributed by atoms with Crippen molar-refractivity contribution in [1.82, 2.24) is 19.4 Å². The minimum atomic E-state index is 0.0439. The molecule has 0 saturated heterocycles.